The maximum atomic E-state index is 13.0. The van der Waals surface area contributed by atoms with Crippen molar-refractivity contribution in [3.05, 3.63) is 35.9 Å². The van der Waals surface area contributed by atoms with E-state index >= 15 is 0 Å². The van der Waals surface area contributed by atoms with Crippen LogP contribution >= 0.6 is 0 Å². The molecule has 1 saturated heterocycles. The maximum absolute atomic E-state index is 13.0. The molecule has 2 aliphatic rings. The van der Waals surface area contributed by atoms with E-state index in [0.29, 0.717) is 18.5 Å². The molecule has 1 N–H and O–H groups in total. The number of carbonyl (C=O) groups is 2. The monoisotopic (exact) mass is 444 g/mol. The van der Waals surface area contributed by atoms with Crippen molar-refractivity contribution in [2.75, 3.05) is 6.54 Å². The zero-order valence-corrected chi connectivity index (χ0v) is 19.1. The van der Waals surface area contributed by atoms with Gasteiger partial charge in [0.25, 0.3) is 17.6 Å². The fourth-order valence-electron chi connectivity index (χ4n) is 4.06. The highest BCUT2D eigenvalue weighted by Gasteiger charge is 2.38. The fourth-order valence-corrected chi connectivity index (χ4v) is 4.06. The minimum atomic E-state index is -0.563. The third kappa shape index (κ3) is 6.37. The molecule has 7 nitrogen and oxygen atoms in total. The number of nitrogens with zero attached hydrogens (tertiary/aromatic N) is 3. The lowest BCUT2D eigenvalue weighted by Gasteiger charge is -2.38. The van der Waals surface area contributed by atoms with Crippen LogP contribution in [0.15, 0.2) is 28.8 Å². The lowest BCUT2D eigenvalue weighted by atomic mass is 9.98. The summed E-state index contributed by atoms with van der Waals surface area (Å²) < 4.78 is 18.2. The van der Waals surface area contributed by atoms with E-state index in [1.54, 1.807) is 0 Å². The second-order valence-electron chi connectivity index (χ2n) is 9.06. The summed E-state index contributed by atoms with van der Waals surface area (Å²) in [7, 11) is 0. The van der Waals surface area contributed by atoms with Gasteiger partial charge < -0.3 is 14.7 Å². The third-order valence-corrected chi connectivity index (χ3v) is 5.70. The first-order chi connectivity index (χ1) is 15.3. The van der Waals surface area contributed by atoms with Gasteiger partial charge in [0.2, 0.25) is 5.91 Å². The summed E-state index contributed by atoms with van der Waals surface area (Å²) >= 11 is 0. The summed E-state index contributed by atoms with van der Waals surface area (Å²) in [6.07, 6.45) is 9.55. The van der Waals surface area contributed by atoms with Crippen LogP contribution in [0.4, 0.5) is 4.39 Å². The van der Waals surface area contributed by atoms with Gasteiger partial charge in [0.05, 0.1) is 0 Å². The van der Waals surface area contributed by atoms with Crippen LogP contribution in [0.5, 0.6) is 0 Å². The summed E-state index contributed by atoms with van der Waals surface area (Å²) in [5, 5.41) is 6.63. The molecule has 2 heterocycles. The Morgan fingerprint density at radius 1 is 1.16 bits per heavy atom. The molecule has 2 unspecified atom stereocenters. The second-order valence-corrected chi connectivity index (χ2v) is 9.06. The summed E-state index contributed by atoms with van der Waals surface area (Å²) in [6.45, 7) is 6.20. The molecule has 1 saturated carbocycles. The smallest absolute Gasteiger partial charge is 0.296 e. The molecular weight excluding hydrogens is 411 g/mol. The number of hydrogen-bond donors (Lipinski definition) is 1. The van der Waals surface area contributed by atoms with Gasteiger partial charge in [-0.05, 0) is 43.5 Å². The molecule has 1 aliphatic heterocycles. The van der Waals surface area contributed by atoms with Gasteiger partial charge in [-0.1, -0.05) is 57.5 Å². The number of rotatable bonds is 4. The van der Waals surface area contributed by atoms with Gasteiger partial charge in [-0.15, -0.1) is 0 Å². The molecule has 2 fully saturated rings. The van der Waals surface area contributed by atoms with Crippen LogP contribution in [0, 0.1) is 11.7 Å². The van der Waals surface area contributed by atoms with Crippen LogP contribution in [0.1, 0.15) is 76.3 Å². The Morgan fingerprint density at radius 2 is 1.75 bits per heavy atom. The first kappa shape index (κ1) is 23.9. The van der Waals surface area contributed by atoms with Crippen molar-refractivity contribution in [1.29, 1.82) is 0 Å². The van der Waals surface area contributed by atoms with Gasteiger partial charge in [-0.25, -0.2) is 4.39 Å². The van der Waals surface area contributed by atoms with Gasteiger partial charge in [0.1, 0.15) is 11.9 Å². The van der Waals surface area contributed by atoms with E-state index in [1.165, 1.54) is 67.7 Å². The first-order valence-electron chi connectivity index (χ1n) is 11.6. The largest absolute Gasteiger partial charge is 0.350 e. The standard InChI is InChI=1S/C18H21FN4O3.C6H12/c1-10(2)8-14-16(24)20-11(3)9-23(14)18(25)15-21-17(26-22-15)12-4-6-13(19)7-5-12;1-2-4-6-5-3-1/h4-7,10-11,14H,8-9H2,1-3H3,(H,20,24);1-6H2. The Balaban J connectivity index is 0.000000416. The minimum absolute atomic E-state index is 0.111. The molecule has 4 rings (SSSR count). The number of benzene rings is 1. The Bertz CT molecular complexity index is 881. The molecule has 0 radical (unpaired) electrons. The molecule has 1 aromatic carbocycles. The highest BCUT2D eigenvalue weighted by atomic mass is 19.1. The van der Waals surface area contributed by atoms with E-state index in [4.69, 9.17) is 4.52 Å². The summed E-state index contributed by atoms with van der Waals surface area (Å²) in [5.74, 6) is -0.741. The molecule has 1 aromatic heterocycles. The average molecular weight is 445 g/mol. The lowest BCUT2D eigenvalue weighted by Crippen LogP contribution is -2.61. The number of carbonyl (C=O) groups excluding carboxylic acids is 2. The van der Waals surface area contributed by atoms with Crippen LogP contribution in [0.25, 0.3) is 11.5 Å². The van der Waals surface area contributed by atoms with Crippen molar-refractivity contribution in [3.63, 3.8) is 0 Å². The number of nitrogens with one attached hydrogen (secondary N) is 1. The molecule has 8 heteroatoms. The second kappa shape index (κ2) is 11.2. The highest BCUT2D eigenvalue weighted by molar-refractivity contribution is 5.96. The number of halogens is 1. The number of piperazine rings is 1. The SMILES string of the molecule is C1CCCCC1.CC(C)CC1C(=O)NC(C)CN1C(=O)c1noc(-c2ccc(F)cc2)n1. The third-order valence-electron chi connectivity index (χ3n) is 5.70. The van der Waals surface area contributed by atoms with Crippen LogP contribution < -0.4 is 5.32 Å². The predicted octanol–water partition coefficient (Wildman–Crippen LogP) is 4.59. The number of aromatic nitrogens is 2. The molecule has 1 aliphatic carbocycles. The summed E-state index contributed by atoms with van der Waals surface area (Å²) in [4.78, 5) is 30.9. The van der Waals surface area contributed by atoms with E-state index in [2.05, 4.69) is 15.5 Å². The Labute approximate surface area is 188 Å². The van der Waals surface area contributed by atoms with Crippen molar-refractivity contribution < 1.29 is 18.5 Å². The lowest BCUT2D eigenvalue weighted by molar-refractivity contribution is -0.129. The Morgan fingerprint density at radius 3 is 2.31 bits per heavy atom. The molecule has 2 aromatic rings. The van der Waals surface area contributed by atoms with E-state index in [-0.39, 0.29) is 35.4 Å². The van der Waals surface area contributed by atoms with Crippen molar-refractivity contribution in [1.82, 2.24) is 20.4 Å². The highest BCUT2D eigenvalue weighted by Crippen LogP contribution is 2.21. The molecule has 2 atom stereocenters. The normalized spacial score (nSPS) is 21.0. The first-order valence-corrected chi connectivity index (χ1v) is 11.6. The van der Waals surface area contributed by atoms with Crippen molar-refractivity contribution in [2.24, 2.45) is 5.92 Å². The van der Waals surface area contributed by atoms with Crippen molar-refractivity contribution in [3.8, 4) is 11.5 Å². The minimum Gasteiger partial charge on any atom is -0.350 e. The molecule has 32 heavy (non-hydrogen) atoms. The zero-order valence-electron chi connectivity index (χ0n) is 19.1. The fraction of sp³-hybridized carbons (Fsp3) is 0.583. The van der Waals surface area contributed by atoms with Gasteiger partial charge in [0, 0.05) is 18.2 Å². The van der Waals surface area contributed by atoms with E-state index in [1.807, 2.05) is 20.8 Å². The maximum Gasteiger partial charge on any atom is 0.296 e. The van der Waals surface area contributed by atoms with E-state index < -0.39 is 11.9 Å². The summed E-state index contributed by atoms with van der Waals surface area (Å²) in [5.41, 5.74) is 0.515. The van der Waals surface area contributed by atoms with Crippen molar-refractivity contribution >= 4 is 11.8 Å². The van der Waals surface area contributed by atoms with Gasteiger partial charge in [0.15, 0.2) is 0 Å². The zero-order chi connectivity index (χ0) is 23.1. The van der Waals surface area contributed by atoms with Crippen LogP contribution in [-0.2, 0) is 4.79 Å². The quantitative estimate of drug-likeness (QED) is 0.745. The van der Waals surface area contributed by atoms with Crippen LogP contribution in [-0.4, -0.2) is 45.5 Å². The molecular formula is C24H33FN4O3. The van der Waals surface area contributed by atoms with E-state index in [9.17, 15) is 14.0 Å². The topological polar surface area (TPSA) is 88.3 Å². The van der Waals surface area contributed by atoms with Crippen molar-refractivity contribution in [2.45, 2.75) is 77.8 Å². The van der Waals surface area contributed by atoms with Gasteiger partial charge >= 0.3 is 0 Å². The molecule has 2 amide bonds. The van der Waals surface area contributed by atoms with Gasteiger partial charge in [-0.3, -0.25) is 9.59 Å². The van der Waals surface area contributed by atoms with E-state index in [0.717, 1.165) is 0 Å². The Kier molecular flexibility index (Phi) is 8.36. The summed E-state index contributed by atoms with van der Waals surface area (Å²) in [6, 6.07) is 4.82. The van der Waals surface area contributed by atoms with Crippen LogP contribution in [0.2, 0.25) is 0 Å². The van der Waals surface area contributed by atoms with Gasteiger partial charge in [-0.2, -0.15) is 4.98 Å². The van der Waals surface area contributed by atoms with Crippen LogP contribution in [0.3, 0.4) is 0 Å². The Hall–Kier alpha value is -2.77. The average Bonchev–Trinajstić information content (AvgIpc) is 3.27. The molecule has 174 valence electrons. The molecule has 0 bridgehead atoms. The number of amides is 2. The number of hydrogen-bond acceptors (Lipinski definition) is 5. The predicted molar refractivity (Wildman–Crippen MR) is 119 cm³/mol. The molecule has 0 spiro atoms.